The van der Waals surface area contributed by atoms with Crippen molar-refractivity contribution >= 4 is 17.7 Å². The van der Waals surface area contributed by atoms with E-state index in [1.807, 2.05) is 13.1 Å². The van der Waals surface area contributed by atoms with Crippen molar-refractivity contribution in [2.24, 2.45) is 0 Å². The van der Waals surface area contributed by atoms with Crippen LogP contribution in [0.3, 0.4) is 0 Å². The van der Waals surface area contributed by atoms with Crippen LogP contribution in [0, 0.1) is 0 Å². The van der Waals surface area contributed by atoms with Gasteiger partial charge in [-0.15, -0.1) is 0 Å². The molecule has 22 heavy (non-hydrogen) atoms. The summed E-state index contributed by atoms with van der Waals surface area (Å²) in [6.07, 6.45) is 1.72. The summed E-state index contributed by atoms with van der Waals surface area (Å²) in [6.45, 7) is 2.12. The van der Waals surface area contributed by atoms with Crippen molar-refractivity contribution in [2.45, 2.75) is 13.3 Å². The predicted octanol–water partition coefficient (Wildman–Crippen LogP) is 2.19. The topological polar surface area (TPSA) is 59.1 Å². The fourth-order valence-corrected chi connectivity index (χ4v) is 2.28. The Balaban J connectivity index is 2.30. The van der Waals surface area contributed by atoms with E-state index in [-0.39, 0.29) is 5.97 Å². The Morgan fingerprint density at radius 2 is 2.05 bits per heavy atom. The first kappa shape index (κ1) is 15.9. The van der Waals surface area contributed by atoms with Crippen LogP contribution in [-0.4, -0.2) is 44.7 Å². The Labute approximate surface area is 129 Å². The highest BCUT2D eigenvalue weighted by Crippen LogP contribution is 2.37. The molecule has 1 aliphatic rings. The minimum atomic E-state index is -0.443. The summed E-state index contributed by atoms with van der Waals surface area (Å²) in [4.78, 5) is 26.8. The van der Waals surface area contributed by atoms with Crippen LogP contribution in [0.2, 0.25) is 0 Å². The molecule has 0 spiro atoms. The molecule has 0 fully saturated rings. The highest BCUT2D eigenvalue weighted by Gasteiger charge is 2.24. The van der Waals surface area contributed by atoms with E-state index in [1.54, 1.807) is 44.3 Å². The number of benzene rings is 1. The Hall–Kier alpha value is -2.50. The van der Waals surface area contributed by atoms with Gasteiger partial charge in [-0.2, -0.15) is 0 Å². The lowest BCUT2D eigenvalue weighted by Gasteiger charge is -2.27. The molecule has 1 aromatic carbocycles. The van der Waals surface area contributed by atoms with Gasteiger partial charge in [-0.1, -0.05) is 12.1 Å². The largest absolute Gasteiger partial charge is 0.463 e. The fourth-order valence-electron chi connectivity index (χ4n) is 2.28. The van der Waals surface area contributed by atoms with Gasteiger partial charge in [0.2, 0.25) is 0 Å². The Kier molecular flexibility index (Phi) is 4.70. The van der Waals surface area contributed by atoms with Crippen LogP contribution in [0.5, 0.6) is 5.75 Å². The van der Waals surface area contributed by atoms with E-state index < -0.39 is 6.09 Å². The highest BCUT2D eigenvalue weighted by atomic mass is 16.6. The number of ether oxygens (including phenoxy) is 2. The van der Waals surface area contributed by atoms with E-state index in [1.165, 1.54) is 4.90 Å². The van der Waals surface area contributed by atoms with Crippen LogP contribution in [0.1, 0.15) is 12.5 Å². The minimum Gasteiger partial charge on any atom is -0.463 e. The lowest BCUT2D eigenvalue weighted by atomic mass is 9.99. The summed E-state index contributed by atoms with van der Waals surface area (Å²) in [6, 6.07) is 5.45. The maximum Gasteiger partial charge on any atom is 0.414 e. The standard InChI is InChI=1S/C16H20N2O4/c1-5-21-15(19)12-9-11-7-6-8-13(14(11)18(4)10-12)22-16(20)17(2)3/h6-8,10H,5,9H2,1-4H3. The third kappa shape index (κ3) is 3.21. The Morgan fingerprint density at radius 1 is 1.32 bits per heavy atom. The molecule has 0 radical (unpaired) electrons. The quantitative estimate of drug-likeness (QED) is 0.801. The molecule has 0 bridgehead atoms. The van der Waals surface area contributed by atoms with Gasteiger partial charge >= 0.3 is 12.1 Å². The number of carbonyl (C=O) groups is 2. The zero-order valence-electron chi connectivity index (χ0n) is 13.3. The first-order chi connectivity index (χ1) is 10.4. The smallest absolute Gasteiger partial charge is 0.414 e. The SMILES string of the molecule is CCOC(=O)C1=CN(C)c2c(cccc2OC(=O)N(C)C)C1. The first-order valence-corrected chi connectivity index (χ1v) is 7.05. The summed E-state index contributed by atoms with van der Waals surface area (Å²) in [5.74, 6) is 0.147. The number of fused-ring (bicyclic) bond motifs is 1. The number of rotatable bonds is 3. The summed E-state index contributed by atoms with van der Waals surface area (Å²) < 4.78 is 10.4. The average molecular weight is 304 g/mol. The molecule has 0 atom stereocenters. The summed E-state index contributed by atoms with van der Waals surface area (Å²) in [5, 5.41) is 0. The van der Waals surface area contributed by atoms with E-state index in [2.05, 4.69) is 0 Å². The van der Waals surface area contributed by atoms with Gasteiger partial charge in [-0.3, -0.25) is 0 Å². The summed E-state index contributed by atoms with van der Waals surface area (Å²) in [5.41, 5.74) is 2.27. The minimum absolute atomic E-state index is 0.323. The Morgan fingerprint density at radius 3 is 2.68 bits per heavy atom. The molecule has 0 unspecified atom stereocenters. The van der Waals surface area contributed by atoms with Crippen molar-refractivity contribution in [2.75, 3.05) is 32.6 Å². The Bertz CT molecular complexity index is 623. The number of para-hydroxylation sites is 1. The van der Waals surface area contributed by atoms with Gasteiger partial charge in [0.25, 0.3) is 0 Å². The number of anilines is 1. The van der Waals surface area contributed by atoms with Crippen LogP contribution in [-0.2, 0) is 16.0 Å². The van der Waals surface area contributed by atoms with Gasteiger partial charge in [0.15, 0.2) is 5.75 Å². The molecule has 118 valence electrons. The van der Waals surface area contributed by atoms with Crippen LogP contribution in [0.15, 0.2) is 30.0 Å². The van der Waals surface area contributed by atoms with Crippen molar-refractivity contribution in [3.8, 4) is 5.75 Å². The molecule has 1 aromatic rings. The van der Waals surface area contributed by atoms with Gasteiger partial charge in [0, 0.05) is 33.8 Å². The second-order valence-electron chi connectivity index (χ2n) is 5.19. The second-order valence-corrected chi connectivity index (χ2v) is 5.19. The molecule has 0 aromatic heterocycles. The monoisotopic (exact) mass is 304 g/mol. The van der Waals surface area contributed by atoms with E-state index >= 15 is 0 Å². The molecule has 1 heterocycles. The number of nitrogens with zero attached hydrogens (tertiary/aromatic N) is 2. The first-order valence-electron chi connectivity index (χ1n) is 7.05. The van der Waals surface area contributed by atoms with Crippen molar-refractivity contribution in [1.82, 2.24) is 4.90 Å². The molecule has 0 saturated heterocycles. The maximum absolute atomic E-state index is 11.9. The van der Waals surface area contributed by atoms with E-state index in [9.17, 15) is 9.59 Å². The molecule has 0 aliphatic carbocycles. The fraction of sp³-hybridized carbons (Fsp3) is 0.375. The van der Waals surface area contributed by atoms with Gasteiger partial charge in [0.1, 0.15) is 0 Å². The molecule has 0 N–H and O–H groups in total. The average Bonchev–Trinajstić information content (AvgIpc) is 2.47. The van der Waals surface area contributed by atoms with Crippen LogP contribution in [0.25, 0.3) is 0 Å². The summed E-state index contributed by atoms with van der Waals surface area (Å²) in [7, 11) is 5.06. The van der Waals surface area contributed by atoms with Crippen molar-refractivity contribution in [3.05, 3.63) is 35.5 Å². The van der Waals surface area contributed by atoms with Crippen molar-refractivity contribution in [1.29, 1.82) is 0 Å². The van der Waals surface area contributed by atoms with Crippen molar-refractivity contribution < 1.29 is 19.1 Å². The lowest BCUT2D eigenvalue weighted by molar-refractivity contribution is -0.138. The predicted molar refractivity (Wildman–Crippen MR) is 83.0 cm³/mol. The van der Waals surface area contributed by atoms with E-state index in [0.717, 1.165) is 11.3 Å². The molecule has 0 saturated carbocycles. The molecule has 6 heteroatoms. The zero-order chi connectivity index (χ0) is 16.3. The third-order valence-electron chi connectivity index (χ3n) is 3.27. The number of amides is 1. The molecule has 6 nitrogen and oxygen atoms in total. The third-order valence-corrected chi connectivity index (χ3v) is 3.27. The lowest BCUT2D eigenvalue weighted by Crippen LogP contribution is -2.27. The number of esters is 1. The van der Waals surface area contributed by atoms with Crippen LogP contribution in [0.4, 0.5) is 10.5 Å². The summed E-state index contributed by atoms with van der Waals surface area (Å²) >= 11 is 0. The van der Waals surface area contributed by atoms with Gasteiger partial charge in [-0.05, 0) is 18.6 Å². The van der Waals surface area contributed by atoms with E-state index in [0.29, 0.717) is 24.4 Å². The molecular weight excluding hydrogens is 284 g/mol. The van der Waals surface area contributed by atoms with Crippen molar-refractivity contribution in [3.63, 3.8) is 0 Å². The molecule has 1 amide bonds. The van der Waals surface area contributed by atoms with Gasteiger partial charge in [-0.25, -0.2) is 9.59 Å². The number of hydrogen-bond acceptors (Lipinski definition) is 5. The van der Waals surface area contributed by atoms with E-state index in [4.69, 9.17) is 9.47 Å². The van der Waals surface area contributed by atoms with Gasteiger partial charge < -0.3 is 19.3 Å². The zero-order valence-corrected chi connectivity index (χ0v) is 13.3. The van der Waals surface area contributed by atoms with Gasteiger partial charge in [0.05, 0.1) is 17.9 Å². The highest BCUT2D eigenvalue weighted by molar-refractivity contribution is 5.91. The maximum atomic E-state index is 11.9. The van der Waals surface area contributed by atoms with Crippen LogP contribution >= 0.6 is 0 Å². The molecule has 1 aliphatic heterocycles. The second kappa shape index (κ2) is 6.51. The normalized spacial score (nSPS) is 13.1. The van der Waals surface area contributed by atoms with Crippen LogP contribution < -0.4 is 9.64 Å². The molecular formula is C16H20N2O4. The number of hydrogen-bond donors (Lipinski definition) is 0. The molecule has 2 rings (SSSR count). The number of carbonyl (C=O) groups excluding carboxylic acids is 2.